The molecule has 156 valence electrons. The number of benzene rings is 1. The topological polar surface area (TPSA) is 62.3 Å². The molecule has 2 heterocycles. The fourth-order valence-corrected chi connectivity index (χ4v) is 3.92. The van der Waals surface area contributed by atoms with Crippen molar-refractivity contribution >= 4 is 29.0 Å². The Hall–Kier alpha value is -2.58. The highest BCUT2D eigenvalue weighted by molar-refractivity contribution is 7.09. The number of amides is 2. The molecule has 1 aromatic carbocycles. The molecule has 0 atom stereocenters. The second-order valence-electron chi connectivity index (χ2n) is 6.72. The summed E-state index contributed by atoms with van der Waals surface area (Å²) in [4.78, 5) is 31.7. The first kappa shape index (κ1) is 21.1. The molecule has 2 amide bonds. The van der Waals surface area contributed by atoms with Gasteiger partial charge in [0, 0.05) is 36.7 Å². The van der Waals surface area contributed by atoms with Crippen LogP contribution in [0.2, 0.25) is 0 Å². The molecule has 7 nitrogen and oxygen atoms in total. The molecule has 0 N–H and O–H groups in total. The van der Waals surface area contributed by atoms with Gasteiger partial charge in [-0.15, -0.1) is 11.3 Å². The van der Waals surface area contributed by atoms with Crippen LogP contribution < -0.4 is 9.64 Å². The summed E-state index contributed by atoms with van der Waals surface area (Å²) in [7, 11) is 1.62. The number of thiophene rings is 1. The molecule has 1 saturated heterocycles. The van der Waals surface area contributed by atoms with E-state index in [1.807, 2.05) is 46.7 Å². The number of piperazine rings is 1. The molecular formula is C21H27N3O4S. The van der Waals surface area contributed by atoms with Crippen molar-refractivity contribution in [2.45, 2.75) is 13.5 Å². The molecule has 8 heteroatoms. The first-order valence-corrected chi connectivity index (χ1v) is 10.6. The number of methoxy groups -OCH3 is 1. The van der Waals surface area contributed by atoms with E-state index in [1.165, 1.54) is 0 Å². The second-order valence-corrected chi connectivity index (χ2v) is 7.75. The monoisotopic (exact) mass is 417 g/mol. The summed E-state index contributed by atoms with van der Waals surface area (Å²) in [6, 6.07) is 11.6. The smallest absolute Gasteiger partial charge is 0.409 e. The maximum Gasteiger partial charge on any atom is 0.409 e. The lowest BCUT2D eigenvalue weighted by Crippen LogP contribution is -2.51. The normalized spacial score (nSPS) is 14.5. The second kappa shape index (κ2) is 10.3. The van der Waals surface area contributed by atoms with Crippen molar-refractivity contribution in [3.63, 3.8) is 0 Å². The lowest BCUT2D eigenvalue weighted by atomic mass is 10.2. The molecule has 0 saturated carbocycles. The predicted molar refractivity (Wildman–Crippen MR) is 114 cm³/mol. The van der Waals surface area contributed by atoms with E-state index in [-0.39, 0.29) is 12.0 Å². The Morgan fingerprint density at radius 3 is 2.41 bits per heavy atom. The maximum absolute atomic E-state index is 13.2. The average molecular weight is 418 g/mol. The third-order valence-corrected chi connectivity index (χ3v) is 5.70. The molecule has 3 rings (SSSR count). The molecule has 29 heavy (non-hydrogen) atoms. The zero-order valence-corrected chi connectivity index (χ0v) is 17.7. The molecule has 0 spiro atoms. The van der Waals surface area contributed by atoms with Crippen LogP contribution in [-0.4, -0.2) is 68.2 Å². The molecule has 0 radical (unpaired) electrons. The van der Waals surface area contributed by atoms with E-state index >= 15 is 0 Å². The number of anilines is 1. The number of hydrogen-bond acceptors (Lipinski definition) is 6. The number of ether oxygens (including phenoxy) is 2. The number of carbonyl (C=O) groups is 2. The zero-order chi connectivity index (χ0) is 20.6. The number of rotatable bonds is 7. The van der Waals surface area contributed by atoms with Gasteiger partial charge in [0.05, 0.1) is 26.8 Å². The highest BCUT2D eigenvalue weighted by Crippen LogP contribution is 2.23. The van der Waals surface area contributed by atoms with Crippen molar-refractivity contribution in [2.75, 3.05) is 51.3 Å². The van der Waals surface area contributed by atoms with Crippen LogP contribution in [0.25, 0.3) is 0 Å². The first-order chi connectivity index (χ1) is 14.1. The lowest BCUT2D eigenvalue weighted by molar-refractivity contribution is -0.120. The van der Waals surface area contributed by atoms with E-state index in [4.69, 9.17) is 9.47 Å². The Morgan fingerprint density at radius 2 is 1.83 bits per heavy atom. The highest BCUT2D eigenvalue weighted by atomic mass is 32.1. The quantitative estimate of drug-likeness (QED) is 0.693. The average Bonchev–Trinajstić information content (AvgIpc) is 3.26. The Morgan fingerprint density at radius 1 is 1.10 bits per heavy atom. The molecular weight excluding hydrogens is 390 g/mol. The SMILES string of the molecule is CCOC(=O)N1CCN(CC(=O)N(Cc2cccs2)c2ccc(OC)cc2)CC1. The van der Waals surface area contributed by atoms with E-state index < -0.39 is 0 Å². The van der Waals surface area contributed by atoms with Gasteiger partial charge in [-0.25, -0.2) is 4.79 Å². The Kier molecular flexibility index (Phi) is 7.48. The van der Waals surface area contributed by atoms with Gasteiger partial charge in [-0.05, 0) is 42.6 Å². The summed E-state index contributed by atoms with van der Waals surface area (Å²) in [6.45, 7) is 5.46. The Balaban J connectivity index is 1.64. The van der Waals surface area contributed by atoms with Gasteiger partial charge in [0.15, 0.2) is 0 Å². The Labute approximate surface area is 175 Å². The van der Waals surface area contributed by atoms with Crippen molar-refractivity contribution in [1.82, 2.24) is 9.80 Å². The maximum atomic E-state index is 13.2. The van der Waals surface area contributed by atoms with Gasteiger partial charge in [-0.1, -0.05) is 6.07 Å². The minimum Gasteiger partial charge on any atom is -0.497 e. The summed E-state index contributed by atoms with van der Waals surface area (Å²) in [5, 5.41) is 2.01. The predicted octanol–water partition coefficient (Wildman–Crippen LogP) is 3.06. The van der Waals surface area contributed by atoms with Crippen LogP contribution in [0.3, 0.4) is 0 Å². The molecule has 0 aliphatic carbocycles. The molecule has 1 aliphatic rings. The third kappa shape index (κ3) is 5.71. The molecule has 2 aromatic rings. The summed E-state index contributed by atoms with van der Waals surface area (Å²) >= 11 is 1.63. The van der Waals surface area contributed by atoms with Crippen LogP contribution in [-0.2, 0) is 16.1 Å². The Bertz CT molecular complexity index is 787. The molecule has 0 unspecified atom stereocenters. The number of carbonyl (C=O) groups excluding carboxylic acids is 2. The van der Waals surface area contributed by atoms with Gasteiger partial charge < -0.3 is 19.3 Å². The van der Waals surface area contributed by atoms with Gasteiger partial charge in [0.2, 0.25) is 5.91 Å². The molecule has 1 fully saturated rings. The van der Waals surface area contributed by atoms with Crippen LogP contribution >= 0.6 is 11.3 Å². The minimum absolute atomic E-state index is 0.0353. The van der Waals surface area contributed by atoms with Gasteiger partial charge in [-0.3, -0.25) is 9.69 Å². The minimum atomic E-state index is -0.281. The molecule has 0 bridgehead atoms. The lowest BCUT2D eigenvalue weighted by Gasteiger charge is -2.34. The van der Waals surface area contributed by atoms with E-state index in [0.717, 1.165) is 16.3 Å². The van der Waals surface area contributed by atoms with Crippen molar-refractivity contribution in [2.24, 2.45) is 0 Å². The van der Waals surface area contributed by atoms with E-state index in [1.54, 1.807) is 30.3 Å². The number of hydrogen-bond donors (Lipinski definition) is 0. The van der Waals surface area contributed by atoms with Crippen molar-refractivity contribution < 1.29 is 19.1 Å². The van der Waals surface area contributed by atoms with E-state index in [0.29, 0.717) is 45.9 Å². The fraction of sp³-hybridized carbons (Fsp3) is 0.429. The van der Waals surface area contributed by atoms with Crippen molar-refractivity contribution in [3.05, 3.63) is 46.7 Å². The largest absolute Gasteiger partial charge is 0.497 e. The summed E-state index contributed by atoms with van der Waals surface area (Å²) in [5.41, 5.74) is 0.842. The van der Waals surface area contributed by atoms with Crippen LogP contribution in [0, 0.1) is 0 Å². The third-order valence-electron chi connectivity index (χ3n) is 4.84. The zero-order valence-electron chi connectivity index (χ0n) is 16.9. The van der Waals surface area contributed by atoms with Gasteiger partial charge in [0.25, 0.3) is 0 Å². The van der Waals surface area contributed by atoms with Crippen LogP contribution in [0.15, 0.2) is 41.8 Å². The van der Waals surface area contributed by atoms with Gasteiger partial charge >= 0.3 is 6.09 Å². The summed E-state index contributed by atoms with van der Waals surface area (Å²) in [5.74, 6) is 0.792. The first-order valence-electron chi connectivity index (χ1n) is 9.71. The van der Waals surface area contributed by atoms with E-state index in [9.17, 15) is 9.59 Å². The standard InChI is InChI=1S/C21H27N3O4S/c1-3-28-21(26)23-12-10-22(11-13-23)16-20(25)24(15-19-5-4-14-29-19)17-6-8-18(27-2)9-7-17/h4-9,14H,3,10-13,15-16H2,1-2H3. The van der Waals surface area contributed by atoms with Crippen LogP contribution in [0.1, 0.15) is 11.8 Å². The summed E-state index contributed by atoms with van der Waals surface area (Å²) in [6.07, 6.45) is -0.281. The van der Waals surface area contributed by atoms with Crippen molar-refractivity contribution in [3.8, 4) is 5.75 Å². The molecule has 1 aromatic heterocycles. The van der Waals surface area contributed by atoms with Gasteiger partial charge in [-0.2, -0.15) is 0 Å². The van der Waals surface area contributed by atoms with E-state index in [2.05, 4.69) is 4.90 Å². The van der Waals surface area contributed by atoms with Crippen LogP contribution in [0.5, 0.6) is 5.75 Å². The number of nitrogens with zero attached hydrogens (tertiary/aromatic N) is 3. The van der Waals surface area contributed by atoms with Crippen LogP contribution in [0.4, 0.5) is 10.5 Å². The highest BCUT2D eigenvalue weighted by Gasteiger charge is 2.25. The molecule has 1 aliphatic heterocycles. The van der Waals surface area contributed by atoms with Crippen molar-refractivity contribution in [1.29, 1.82) is 0 Å². The van der Waals surface area contributed by atoms with Gasteiger partial charge in [0.1, 0.15) is 5.75 Å². The summed E-state index contributed by atoms with van der Waals surface area (Å²) < 4.78 is 10.3. The fourth-order valence-electron chi connectivity index (χ4n) is 3.22.